The van der Waals surface area contributed by atoms with Crippen molar-refractivity contribution in [3.8, 4) is 11.5 Å². The zero-order valence-corrected chi connectivity index (χ0v) is 13.6. The predicted molar refractivity (Wildman–Crippen MR) is 82.6 cm³/mol. The van der Waals surface area contributed by atoms with E-state index in [1.807, 2.05) is 0 Å². The van der Waals surface area contributed by atoms with Gasteiger partial charge in [0.25, 0.3) is 5.91 Å². The van der Waals surface area contributed by atoms with Crippen LogP contribution in [0.5, 0.6) is 11.5 Å². The minimum atomic E-state index is -3.56. The molecule has 1 aromatic carbocycles. The third-order valence-electron chi connectivity index (χ3n) is 3.12. The van der Waals surface area contributed by atoms with E-state index < -0.39 is 15.7 Å². The van der Waals surface area contributed by atoms with E-state index >= 15 is 0 Å². The molecule has 0 aliphatic rings. The maximum Gasteiger partial charge on any atom is 0.287 e. The van der Waals surface area contributed by atoms with E-state index in [1.165, 1.54) is 44.7 Å². The van der Waals surface area contributed by atoms with E-state index in [0.717, 1.165) is 0 Å². The Balaban J connectivity index is 2.03. The summed E-state index contributed by atoms with van der Waals surface area (Å²) in [6.07, 6.45) is 1.37. The lowest BCUT2D eigenvalue weighted by Gasteiger charge is -2.10. The molecule has 0 saturated heterocycles. The van der Waals surface area contributed by atoms with Crippen molar-refractivity contribution in [3.05, 3.63) is 42.4 Å². The van der Waals surface area contributed by atoms with Crippen molar-refractivity contribution in [3.63, 3.8) is 0 Å². The number of methoxy groups -OCH3 is 2. The highest BCUT2D eigenvalue weighted by molar-refractivity contribution is 7.91. The first-order valence-electron chi connectivity index (χ1n) is 6.74. The number of sulfone groups is 1. The highest BCUT2D eigenvalue weighted by Gasteiger charge is 2.18. The lowest BCUT2D eigenvalue weighted by atomic mass is 10.3. The van der Waals surface area contributed by atoms with Crippen LogP contribution in [0.4, 0.5) is 0 Å². The van der Waals surface area contributed by atoms with E-state index in [1.54, 1.807) is 6.07 Å². The summed E-state index contributed by atoms with van der Waals surface area (Å²) in [6, 6.07) is 7.42. The summed E-state index contributed by atoms with van der Waals surface area (Å²) in [4.78, 5) is 11.8. The molecule has 8 heteroatoms. The molecule has 0 radical (unpaired) electrons. The van der Waals surface area contributed by atoms with Gasteiger partial charge in [0, 0.05) is 12.6 Å². The van der Waals surface area contributed by atoms with Crippen molar-refractivity contribution in [2.24, 2.45) is 0 Å². The summed E-state index contributed by atoms with van der Waals surface area (Å²) in [7, 11) is -0.666. The second-order valence-corrected chi connectivity index (χ2v) is 6.68. The van der Waals surface area contributed by atoms with Crippen molar-refractivity contribution in [2.75, 3.05) is 26.5 Å². The molecule has 23 heavy (non-hydrogen) atoms. The summed E-state index contributed by atoms with van der Waals surface area (Å²) < 4.78 is 39.7. The minimum absolute atomic E-state index is 0.0315. The molecule has 0 saturated carbocycles. The maximum atomic E-state index is 12.3. The van der Waals surface area contributed by atoms with Crippen LogP contribution in [0.25, 0.3) is 0 Å². The fourth-order valence-corrected chi connectivity index (χ4v) is 3.09. The molecule has 0 aliphatic heterocycles. The third kappa shape index (κ3) is 4.04. The monoisotopic (exact) mass is 339 g/mol. The number of carbonyl (C=O) groups is 1. The average Bonchev–Trinajstić information content (AvgIpc) is 3.08. The second-order valence-electron chi connectivity index (χ2n) is 4.57. The largest absolute Gasteiger partial charge is 0.493 e. The number of rotatable bonds is 7. The molecular weight excluding hydrogens is 322 g/mol. The molecule has 1 heterocycles. The van der Waals surface area contributed by atoms with Gasteiger partial charge in [0.1, 0.15) is 0 Å². The molecule has 2 rings (SSSR count). The van der Waals surface area contributed by atoms with Gasteiger partial charge in [0.2, 0.25) is 0 Å². The van der Waals surface area contributed by atoms with Crippen molar-refractivity contribution >= 4 is 15.7 Å². The maximum absolute atomic E-state index is 12.3. The van der Waals surface area contributed by atoms with Crippen LogP contribution in [0.15, 0.2) is 45.9 Å². The molecule has 2 aromatic rings. The Morgan fingerprint density at radius 1 is 1.17 bits per heavy atom. The van der Waals surface area contributed by atoms with E-state index in [4.69, 9.17) is 13.9 Å². The second kappa shape index (κ2) is 7.19. The number of ether oxygens (including phenoxy) is 2. The number of benzene rings is 1. The Morgan fingerprint density at radius 3 is 2.52 bits per heavy atom. The van der Waals surface area contributed by atoms with Crippen LogP contribution in [0.2, 0.25) is 0 Å². The summed E-state index contributed by atoms with van der Waals surface area (Å²) in [5, 5.41) is 2.49. The van der Waals surface area contributed by atoms with Crippen molar-refractivity contribution < 1.29 is 27.1 Å². The predicted octanol–water partition coefficient (Wildman–Crippen LogP) is 1.50. The molecule has 1 amide bonds. The Hall–Kier alpha value is -2.48. The number of furan rings is 1. The van der Waals surface area contributed by atoms with Gasteiger partial charge in [0.05, 0.1) is 31.1 Å². The first-order chi connectivity index (χ1) is 11.0. The number of nitrogens with one attached hydrogen (secondary N) is 1. The number of hydrogen-bond donors (Lipinski definition) is 1. The Labute approximate surface area is 134 Å². The number of hydrogen-bond acceptors (Lipinski definition) is 6. The van der Waals surface area contributed by atoms with Crippen molar-refractivity contribution in [1.29, 1.82) is 0 Å². The van der Waals surface area contributed by atoms with Crippen LogP contribution in [0, 0.1) is 0 Å². The molecule has 0 fully saturated rings. The van der Waals surface area contributed by atoms with Crippen LogP contribution in [0.1, 0.15) is 10.6 Å². The molecule has 1 aromatic heterocycles. The molecule has 7 nitrogen and oxygen atoms in total. The zero-order valence-electron chi connectivity index (χ0n) is 12.7. The van der Waals surface area contributed by atoms with E-state index in [2.05, 4.69) is 5.32 Å². The van der Waals surface area contributed by atoms with Gasteiger partial charge in [-0.05, 0) is 24.3 Å². The summed E-state index contributed by atoms with van der Waals surface area (Å²) >= 11 is 0. The lowest BCUT2D eigenvalue weighted by molar-refractivity contribution is 0.0928. The van der Waals surface area contributed by atoms with Crippen LogP contribution < -0.4 is 14.8 Å². The molecule has 0 atom stereocenters. The van der Waals surface area contributed by atoms with Crippen LogP contribution >= 0.6 is 0 Å². The zero-order chi connectivity index (χ0) is 16.9. The first-order valence-corrected chi connectivity index (χ1v) is 8.39. The van der Waals surface area contributed by atoms with Gasteiger partial charge >= 0.3 is 0 Å². The minimum Gasteiger partial charge on any atom is -0.493 e. The molecule has 0 unspecified atom stereocenters. The first kappa shape index (κ1) is 16.9. The summed E-state index contributed by atoms with van der Waals surface area (Å²) in [5.41, 5.74) is 0. The highest BCUT2D eigenvalue weighted by atomic mass is 32.2. The van der Waals surface area contributed by atoms with Gasteiger partial charge in [0.15, 0.2) is 27.1 Å². The summed E-state index contributed by atoms with van der Waals surface area (Å²) in [6.45, 7) is -0.0315. The fourth-order valence-electron chi connectivity index (χ4n) is 1.92. The van der Waals surface area contributed by atoms with Crippen LogP contribution in [-0.2, 0) is 9.84 Å². The SMILES string of the molecule is COc1ccc(S(=O)(=O)CCNC(=O)c2ccco2)cc1OC. The van der Waals surface area contributed by atoms with Gasteiger partial charge in [-0.3, -0.25) is 4.79 Å². The van der Waals surface area contributed by atoms with Crippen LogP contribution in [-0.4, -0.2) is 40.8 Å². The highest BCUT2D eigenvalue weighted by Crippen LogP contribution is 2.29. The topological polar surface area (TPSA) is 94.8 Å². The Bertz CT molecular complexity index is 767. The standard InChI is InChI=1S/C15H17NO6S/c1-20-12-6-5-11(10-14(12)21-2)23(18,19)9-7-16-15(17)13-4-3-8-22-13/h3-6,8,10H,7,9H2,1-2H3,(H,16,17). The Kier molecular flexibility index (Phi) is 5.28. The van der Waals surface area contributed by atoms with Gasteiger partial charge in [-0.1, -0.05) is 0 Å². The van der Waals surface area contributed by atoms with Gasteiger partial charge < -0.3 is 19.2 Å². The number of amides is 1. The molecular formula is C15H17NO6S. The molecule has 0 aliphatic carbocycles. The average molecular weight is 339 g/mol. The van der Waals surface area contributed by atoms with E-state index in [9.17, 15) is 13.2 Å². The van der Waals surface area contributed by atoms with E-state index in [0.29, 0.717) is 11.5 Å². The third-order valence-corrected chi connectivity index (χ3v) is 4.83. The molecule has 124 valence electrons. The normalized spacial score (nSPS) is 11.0. The summed E-state index contributed by atoms with van der Waals surface area (Å²) in [5.74, 6) is 0.200. The fraction of sp³-hybridized carbons (Fsp3) is 0.267. The van der Waals surface area contributed by atoms with E-state index in [-0.39, 0.29) is 23.0 Å². The molecule has 1 N–H and O–H groups in total. The van der Waals surface area contributed by atoms with Gasteiger partial charge in [-0.25, -0.2) is 8.42 Å². The quantitative estimate of drug-likeness (QED) is 0.821. The Morgan fingerprint density at radius 2 is 1.91 bits per heavy atom. The van der Waals surface area contributed by atoms with Gasteiger partial charge in [-0.15, -0.1) is 0 Å². The molecule has 0 bridgehead atoms. The van der Waals surface area contributed by atoms with Gasteiger partial charge in [-0.2, -0.15) is 0 Å². The van der Waals surface area contributed by atoms with Crippen molar-refractivity contribution in [2.45, 2.75) is 4.90 Å². The van der Waals surface area contributed by atoms with Crippen molar-refractivity contribution in [1.82, 2.24) is 5.32 Å². The lowest BCUT2D eigenvalue weighted by Crippen LogP contribution is -2.28. The smallest absolute Gasteiger partial charge is 0.287 e. The number of carbonyl (C=O) groups excluding carboxylic acids is 1. The van der Waals surface area contributed by atoms with Crippen LogP contribution in [0.3, 0.4) is 0 Å². The molecule has 0 spiro atoms.